The third-order valence-electron chi connectivity index (χ3n) is 2.77. The third-order valence-corrected chi connectivity index (χ3v) is 3.11. The van der Waals surface area contributed by atoms with E-state index < -0.39 is 0 Å². The van der Waals surface area contributed by atoms with E-state index in [1.165, 1.54) is 11.3 Å². The van der Waals surface area contributed by atoms with Crippen molar-refractivity contribution in [1.82, 2.24) is 0 Å². The summed E-state index contributed by atoms with van der Waals surface area (Å²) in [4.78, 5) is 2.08. The van der Waals surface area contributed by atoms with Crippen molar-refractivity contribution in [2.75, 3.05) is 19.0 Å². The molecule has 0 aliphatic carbocycles. The lowest BCUT2D eigenvalue weighted by atomic mass is 10.1. The fraction of sp³-hybridized carbons (Fsp3) is 0.125. The molecule has 0 bridgehead atoms. The van der Waals surface area contributed by atoms with Crippen molar-refractivity contribution in [2.24, 2.45) is 0 Å². The Bertz CT molecular complexity index is 541. The van der Waals surface area contributed by atoms with Gasteiger partial charge in [-0.2, -0.15) is 0 Å². The number of nitrogens with zero attached hydrogens (tertiary/aromatic N) is 1. The quantitative estimate of drug-likeness (QED) is 0.728. The van der Waals surface area contributed by atoms with E-state index in [1.54, 1.807) is 0 Å². The number of rotatable bonds is 3. The molecule has 0 saturated carbocycles. The Morgan fingerprint density at radius 3 is 2.17 bits per heavy atom. The molecule has 0 radical (unpaired) electrons. The first kappa shape index (κ1) is 12.7. The van der Waals surface area contributed by atoms with Gasteiger partial charge in [0.2, 0.25) is 0 Å². The summed E-state index contributed by atoms with van der Waals surface area (Å²) >= 11 is 6.10. The molecule has 18 heavy (non-hydrogen) atoms. The van der Waals surface area contributed by atoms with Crippen LogP contribution in [-0.4, -0.2) is 14.1 Å². The van der Waals surface area contributed by atoms with Crippen molar-refractivity contribution in [2.45, 2.75) is 0 Å². The molecule has 0 N–H and O–H groups in total. The van der Waals surface area contributed by atoms with E-state index in [0.717, 1.165) is 10.6 Å². The van der Waals surface area contributed by atoms with Gasteiger partial charge in [0.1, 0.15) is 0 Å². The molecule has 92 valence electrons. The van der Waals surface area contributed by atoms with Crippen LogP contribution >= 0.6 is 11.6 Å². The molecule has 0 spiro atoms. The van der Waals surface area contributed by atoms with Crippen LogP contribution in [0.2, 0.25) is 5.02 Å². The van der Waals surface area contributed by atoms with Crippen LogP contribution in [0.15, 0.2) is 48.5 Å². The number of halogens is 1. The minimum Gasteiger partial charge on any atom is -0.378 e. The van der Waals surface area contributed by atoms with Gasteiger partial charge in [0, 0.05) is 24.8 Å². The van der Waals surface area contributed by atoms with Crippen LogP contribution in [0.4, 0.5) is 5.69 Å². The first-order chi connectivity index (χ1) is 8.66. The van der Waals surface area contributed by atoms with E-state index in [4.69, 9.17) is 11.6 Å². The normalized spacial score (nSPS) is 10.8. The summed E-state index contributed by atoms with van der Waals surface area (Å²) < 4.78 is 0. The fourth-order valence-electron chi connectivity index (χ4n) is 1.68. The molecule has 2 rings (SSSR count). The molecule has 0 fully saturated rings. The molecule has 1 nitrogen and oxygen atoms in total. The van der Waals surface area contributed by atoms with Crippen LogP contribution in [-0.2, 0) is 0 Å². The molecular weight excluding hydrogens is 242 g/mol. The number of hydrogen-bond acceptors (Lipinski definition) is 1. The Morgan fingerprint density at radius 1 is 0.889 bits per heavy atom. The first-order valence-electron chi connectivity index (χ1n) is 5.87. The van der Waals surface area contributed by atoms with E-state index >= 15 is 0 Å². The van der Waals surface area contributed by atoms with E-state index in [2.05, 4.69) is 35.2 Å². The molecule has 0 atom stereocenters. The Balaban J connectivity index is 2.17. The van der Waals surface area contributed by atoms with Gasteiger partial charge in [-0.05, 0) is 29.3 Å². The predicted octanol–water partition coefficient (Wildman–Crippen LogP) is 4.58. The standard InChI is InChI=1S/C16H16ClN/c1-18(2)15-11-8-13(9-12-15)7-10-14-5-3-4-6-16(14)17/h3-12H,1-2H3. The molecule has 0 aromatic heterocycles. The van der Waals surface area contributed by atoms with Gasteiger partial charge in [0.25, 0.3) is 0 Å². The second-order valence-electron chi connectivity index (χ2n) is 4.34. The molecule has 0 aliphatic heterocycles. The second-order valence-corrected chi connectivity index (χ2v) is 4.75. The summed E-state index contributed by atoms with van der Waals surface area (Å²) in [5.41, 5.74) is 3.40. The summed E-state index contributed by atoms with van der Waals surface area (Å²) in [6, 6.07) is 16.2. The molecule has 0 amide bonds. The topological polar surface area (TPSA) is 3.24 Å². The highest BCUT2D eigenvalue weighted by Gasteiger charge is 1.95. The van der Waals surface area contributed by atoms with Crippen molar-refractivity contribution in [3.05, 3.63) is 64.7 Å². The van der Waals surface area contributed by atoms with Crippen LogP contribution in [0.1, 0.15) is 11.1 Å². The molecule has 0 unspecified atom stereocenters. The summed E-state index contributed by atoms with van der Waals surface area (Å²) in [5, 5.41) is 0.777. The predicted molar refractivity (Wildman–Crippen MR) is 81.1 cm³/mol. The molecule has 2 aromatic carbocycles. The summed E-state index contributed by atoms with van der Waals surface area (Å²) in [5.74, 6) is 0. The average molecular weight is 258 g/mol. The zero-order chi connectivity index (χ0) is 13.0. The highest BCUT2D eigenvalue weighted by Crippen LogP contribution is 2.19. The SMILES string of the molecule is CN(C)c1ccc(C=Cc2ccccc2Cl)cc1. The van der Waals surface area contributed by atoms with Crippen LogP contribution in [0, 0.1) is 0 Å². The lowest BCUT2D eigenvalue weighted by Gasteiger charge is -2.11. The monoisotopic (exact) mass is 257 g/mol. The average Bonchev–Trinajstić information content (AvgIpc) is 2.38. The Morgan fingerprint density at radius 2 is 1.56 bits per heavy atom. The van der Waals surface area contributed by atoms with Gasteiger partial charge in [-0.3, -0.25) is 0 Å². The zero-order valence-electron chi connectivity index (χ0n) is 10.6. The maximum atomic E-state index is 6.10. The minimum absolute atomic E-state index is 0.777. The zero-order valence-corrected chi connectivity index (χ0v) is 11.4. The summed E-state index contributed by atoms with van der Waals surface area (Å²) in [6.07, 6.45) is 4.10. The van der Waals surface area contributed by atoms with Crippen LogP contribution in [0.5, 0.6) is 0 Å². The molecule has 0 aliphatic rings. The van der Waals surface area contributed by atoms with Crippen LogP contribution < -0.4 is 4.90 Å². The first-order valence-corrected chi connectivity index (χ1v) is 6.24. The highest BCUT2D eigenvalue weighted by atomic mass is 35.5. The van der Waals surface area contributed by atoms with Gasteiger partial charge in [-0.1, -0.05) is 54.1 Å². The maximum Gasteiger partial charge on any atom is 0.0478 e. The van der Waals surface area contributed by atoms with Crippen molar-refractivity contribution in [3.8, 4) is 0 Å². The van der Waals surface area contributed by atoms with Gasteiger partial charge in [-0.25, -0.2) is 0 Å². The van der Waals surface area contributed by atoms with Crippen molar-refractivity contribution in [3.63, 3.8) is 0 Å². The molecule has 0 saturated heterocycles. The van der Waals surface area contributed by atoms with Gasteiger partial charge in [-0.15, -0.1) is 0 Å². The van der Waals surface area contributed by atoms with Gasteiger partial charge < -0.3 is 4.90 Å². The maximum absolute atomic E-state index is 6.10. The Labute approximate surface area is 113 Å². The molecular formula is C16H16ClN. The van der Waals surface area contributed by atoms with E-state index in [1.807, 2.05) is 44.4 Å². The third kappa shape index (κ3) is 3.14. The fourth-order valence-corrected chi connectivity index (χ4v) is 1.88. The number of hydrogen-bond donors (Lipinski definition) is 0. The highest BCUT2D eigenvalue weighted by molar-refractivity contribution is 6.32. The number of anilines is 1. The Kier molecular flexibility index (Phi) is 4.06. The minimum atomic E-state index is 0.777. The van der Waals surface area contributed by atoms with Crippen LogP contribution in [0.25, 0.3) is 12.2 Å². The Hall–Kier alpha value is -1.73. The van der Waals surface area contributed by atoms with Gasteiger partial charge in [0.05, 0.1) is 0 Å². The summed E-state index contributed by atoms with van der Waals surface area (Å²) in [7, 11) is 4.07. The van der Waals surface area contributed by atoms with E-state index in [0.29, 0.717) is 0 Å². The van der Waals surface area contributed by atoms with E-state index in [-0.39, 0.29) is 0 Å². The van der Waals surface area contributed by atoms with Crippen molar-refractivity contribution < 1.29 is 0 Å². The molecule has 2 aromatic rings. The van der Waals surface area contributed by atoms with Crippen molar-refractivity contribution in [1.29, 1.82) is 0 Å². The van der Waals surface area contributed by atoms with Gasteiger partial charge in [0.15, 0.2) is 0 Å². The van der Waals surface area contributed by atoms with E-state index in [9.17, 15) is 0 Å². The smallest absolute Gasteiger partial charge is 0.0478 e. The second kappa shape index (κ2) is 5.74. The summed E-state index contributed by atoms with van der Waals surface area (Å²) in [6.45, 7) is 0. The largest absolute Gasteiger partial charge is 0.378 e. The lowest BCUT2D eigenvalue weighted by molar-refractivity contribution is 1.13. The van der Waals surface area contributed by atoms with Crippen molar-refractivity contribution >= 4 is 29.4 Å². The number of benzene rings is 2. The van der Waals surface area contributed by atoms with Gasteiger partial charge >= 0.3 is 0 Å². The molecule has 2 heteroatoms. The van der Waals surface area contributed by atoms with Crippen LogP contribution in [0.3, 0.4) is 0 Å². The lowest BCUT2D eigenvalue weighted by Crippen LogP contribution is -2.07. The molecule has 0 heterocycles.